The molecule has 0 spiro atoms. The summed E-state index contributed by atoms with van der Waals surface area (Å²) in [5.41, 5.74) is -0.218. The molecule has 2 aliphatic rings. The van der Waals surface area contributed by atoms with Gasteiger partial charge in [-0.3, -0.25) is 9.80 Å². The van der Waals surface area contributed by atoms with Crippen molar-refractivity contribution in [3.8, 4) is 0 Å². The van der Waals surface area contributed by atoms with Gasteiger partial charge in [0.15, 0.2) is 0 Å². The van der Waals surface area contributed by atoms with Crippen LogP contribution in [0.25, 0.3) is 0 Å². The lowest BCUT2D eigenvalue weighted by atomic mass is 10.0. The summed E-state index contributed by atoms with van der Waals surface area (Å²) in [6.45, 7) is 4.54. The topological polar surface area (TPSA) is 26.7 Å². The van der Waals surface area contributed by atoms with Crippen molar-refractivity contribution in [2.75, 3.05) is 19.6 Å². The largest absolute Gasteiger partial charge is 0.416 e. The maximum absolute atomic E-state index is 13.1. The predicted octanol–water partition coefficient (Wildman–Crippen LogP) is 2.34. The van der Waals surface area contributed by atoms with E-state index in [9.17, 15) is 18.3 Å². The zero-order chi connectivity index (χ0) is 15.9. The highest BCUT2D eigenvalue weighted by Gasteiger charge is 2.39. The number of nitrogens with zero attached hydrogens (tertiary/aromatic N) is 2. The number of fused-ring (bicyclic) bond motifs is 1. The lowest BCUT2D eigenvalue weighted by Gasteiger charge is -2.42. The third-order valence-corrected chi connectivity index (χ3v) is 4.77. The fourth-order valence-corrected chi connectivity index (χ4v) is 3.65. The van der Waals surface area contributed by atoms with Gasteiger partial charge in [-0.15, -0.1) is 0 Å². The van der Waals surface area contributed by atoms with Gasteiger partial charge in [0.1, 0.15) is 0 Å². The van der Waals surface area contributed by atoms with Gasteiger partial charge in [-0.1, -0.05) is 18.2 Å². The van der Waals surface area contributed by atoms with Crippen LogP contribution in [0, 0.1) is 0 Å². The average Bonchev–Trinajstić information content (AvgIpc) is 2.78. The highest BCUT2D eigenvalue weighted by molar-refractivity contribution is 5.29. The summed E-state index contributed by atoms with van der Waals surface area (Å²) in [7, 11) is 0. The van der Waals surface area contributed by atoms with Gasteiger partial charge < -0.3 is 5.11 Å². The first-order valence-corrected chi connectivity index (χ1v) is 7.66. The van der Waals surface area contributed by atoms with Gasteiger partial charge in [0.2, 0.25) is 0 Å². The van der Waals surface area contributed by atoms with E-state index in [1.54, 1.807) is 12.1 Å². The van der Waals surface area contributed by atoms with Crippen molar-refractivity contribution >= 4 is 0 Å². The first-order chi connectivity index (χ1) is 10.3. The molecule has 0 radical (unpaired) electrons. The van der Waals surface area contributed by atoms with E-state index in [2.05, 4.69) is 9.80 Å². The molecule has 0 saturated carbocycles. The Labute approximate surface area is 128 Å². The number of piperazine rings is 1. The zero-order valence-corrected chi connectivity index (χ0v) is 12.6. The molecule has 3 atom stereocenters. The van der Waals surface area contributed by atoms with Crippen molar-refractivity contribution in [1.82, 2.24) is 9.80 Å². The standard InChI is InChI=1S/C16H21F3N2O/c1-11-7-21-10-14(22)6-13(21)9-20(11)8-12-4-2-3-5-15(12)16(17,18)19/h2-5,11,13-14,22H,6-10H2,1H3/t11-,13-,14-/m1/s1. The van der Waals surface area contributed by atoms with E-state index in [1.807, 2.05) is 6.92 Å². The molecule has 0 aliphatic carbocycles. The van der Waals surface area contributed by atoms with Gasteiger partial charge >= 0.3 is 6.18 Å². The van der Waals surface area contributed by atoms with Gasteiger partial charge in [-0.2, -0.15) is 13.2 Å². The number of alkyl halides is 3. The minimum Gasteiger partial charge on any atom is -0.392 e. The highest BCUT2D eigenvalue weighted by Crippen LogP contribution is 2.33. The van der Waals surface area contributed by atoms with E-state index in [1.165, 1.54) is 6.07 Å². The summed E-state index contributed by atoms with van der Waals surface area (Å²) in [6, 6.07) is 6.24. The Balaban J connectivity index is 1.76. The van der Waals surface area contributed by atoms with Gasteiger partial charge in [0.05, 0.1) is 11.7 Å². The molecule has 122 valence electrons. The summed E-state index contributed by atoms with van der Waals surface area (Å²) < 4.78 is 39.3. The van der Waals surface area contributed by atoms with Crippen LogP contribution < -0.4 is 0 Å². The summed E-state index contributed by atoms with van der Waals surface area (Å²) in [5, 5.41) is 9.76. The van der Waals surface area contributed by atoms with Crippen LogP contribution in [0.3, 0.4) is 0 Å². The molecule has 22 heavy (non-hydrogen) atoms. The average molecular weight is 314 g/mol. The molecule has 3 rings (SSSR count). The maximum atomic E-state index is 13.1. The van der Waals surface area contributed by atoms with Crippen LogP contribution in [0.4, 0.5) is 13.2 Å². The molecule has 1 aromatic carbocycles. The van der Waals surface area contributed by atoms with Gasteiger partial charge in [0, 0.05) is 38.3 Å². The smallest absolute Gasteiger partial charge is 0.392 e. The fourth-order valence-electron chi connectivity index (χ4n) is 3.65. The third kappa shape index (κ3) is 3.14. The van der Waals surface area contributed by atoms with Crippen LogP contribution >= 0.6 is 0 Å². The van der Waals surface area contributed by atoms with Crippen molar-refractivity contribution < 1.29 is 18.3 Å². The number of aliphatic hydroxyl groups excluding tert-OH is 1. The van der Waals surface area contributed by atoms with E-state index in [4.69, 9.17) is 0 Å². The molecule has 2 fully saturated rings. The van der Waals surface area contributed by atoms with E-state index in [-0.39, 0.29) is 18.2 Å². The predicted molar refractivity (Wildman–Crippen MR) is 77.3 cm³/mol. The number of halogens is 3. The molecular weight excluding hydrogens is 293 g/mol. The highest BCUT2D eigenvalue weighted by atomic mass is 19.4. The van der Waals surface area contributed by atoms with Gasteiger partial charge in [0.25, 0.3) is 0 Å². The van der Waals surface area contributed by atoms with Crippen molar-refractivity contribution in [3.05, 3.63) is 35.4 Å². The molecule has 2 aliphatic heterocycles. The first kappa shape index (κ1) is 15.8. The molecule has 0 aromatic heterocycles. The minimum atomic E-state index is -4.31. The molecule has 2 saturated heterocycles. The van der Waals surface area contributed by atoms with E-state index in [0.717, 1.165) is 12.6 Å². The number of hydrogen-bond acceptors (Lipinski definition) is 3. The summed E-state index contributed by atoms with van der Waals surface area (Å²) >= 11 is 0. The van der Waals surface area contributed by atoms with Crippen LogP contribution in [0.15, 0.2) is 24.3 Å². The molecule has 6 heteroatoms. The van der Waals surface area contributed by atoms with Crippen LogP contribution in [0.5, 0.6) is 0 Å². The van der Waals surface area contributed by atoms with Crippen molar-refractivity contribution in [2.24, 2.45) is 0 Å². The lowest BCUT2D eigenvalue weighted by Crippen LogP contribution is -2.54. The Kier molecular flexibility index (Phi) is 4.18. The van der Waals surface area contributed by atoms with E-state index < -0.39 is 11.7 Å². The quantitative estimate of drug-likeness (QED) is 0.908. The lowest BCUT2D eigenvalue weighted by molar-refractivity contribution is -0.138. The Morgan fingerprint density at radius 3 is 2.64 bits per heavy atom. The molecular formula is C16H21F3N2O. The summed E-state index contributed by atoms with van der Waals surface area (Å²) in [5.74, 6) is 0. The fraction of sp³-hybridized carbons (Fsp3) is 0.625. The van der Waals surface area contributed by atoms with Crippen LogP contribution in [-0.2, 0) is 12.7 Å². The van der Waals surface area contributed by atoms with Crippen molar-refractivity contribution in [3.63, 3.8) is 0 Å². The Morgan fingerprint density at radius 1 is 1.18 bits per heavy atom. The second-order valence-electron chi connectivity index (χ2n) is 6.43. The summed E-state index contributed by atoms with van der Waals surface area (Å²) in [6.07, 6.45) is -3.91. The zero-order valence-electron chi connectivity index (χ0n) is 12.6. The van der Waals surface area contributed by atoms with Crippen LogP contribution in [-0.4, -0.2) is 52.7 Å². The van der Waals surface area contributed by atoms with Crippen molar-refractivity contribution in [1.29, 1.82) is 0 Å². The SMILES string of the molecule is C[C@@H]1CN2C[C@H](O)C[C@@H]2CN1Cc1ccccc1C(F)(F)F. The second-order valence-corrected chi connectivity index (χ2v) is 6.43. The van der Waals surface area contributed by atoms with Crippen LogP contribution in [0.1, 0.15) is 24.5 Å². The Hall–Kier alpha value is -1.11. The Morgan fingerprint density at radius 2 is 1.91 bits per heavy atom. The monoisotopic (exact) mass is 314 g/mol. The second kappa shape index (κ2) is 5.83. The van der Waals surface area contributed by atoms with E-state index >= 15 is 0 Å². The minimum absolute atomic E-state index is 0.183. The van der Waals surface area contributed by atoms with Gasteiger partial charge in [-0.25, -0.2) is 0 Å². The number of benzene rings is 1. The van der Waals surface area contributed by atoms with E-state index in [0.29, 0.717) is 31.6 Å². The summed E-state index contributed by atoms with van der Waals surface area (Å²) in [4.78, 5) is 4.35. The third-order valence-electron chi connectivity index (χ3n) is 4.77. The molecule has 1 N–H and O–H groups in total. The molecule has 0 amide bonds. The Bertz CT molecular complexity index is 534. The van der Waals surface area contributed by atoms with Gasteiger partial charge in [-0.05, 0) is 25.0 Å². The maximum Gasteiger partial charge on any atom is 0.416 e. The molecule has 1 aromatic rings. The first-order valence-electron chi connectivity index (χ1n) is 7.66. The molecule has 0 unspecified atom stereocenters. The number of aliphatic hydroxyl groups is 1. The van der Waals surface area contributed by atoms with Crippen LogP contribution in [0.2, 0.25) is 0 Å². The van der Waals surface area contributed by atoms with Crippen molar-refractivity contribution in [2.45, 2.75) is 44.3 Å². The normalized spacial score (nSPS) is 30.5. The number of rotatable bonds is 2. The number of hydrogen-bond donors (Lipinski definition) is 1. The molecule has 0 bridgehead atoms. The molecule has 3 nitrogen and oxygen atoms in total. The molecule has 2 heterocycles.